The Balaban J connectivity index is 1.66. The molecule has 8 N–H and O–H groups in total. The zero-order valence-electron chi connectivity index (χ0n) is 71.2. The SMILES string of the molecule is CC(=O)N[C@H]1[C@H](OCCCCCCNC(=O)CCOCC(COCCC(=O)NCCCCCCO[C@@H]2O[C@H](COC(C)=O)[C@H](OC(C)=O)[C@H](OC(C)=O)[C@H]2NC(C)=O)(COCCC(=O)NCCCCCCO[C@@H]2O[C@H](COC(C)=O)[C@H](OC(C)=O)[C@H](OC(C)=O)[C@H]2NC(C)=O)NC(=O)CCCC(=O)O)O[C@H](COC(C)=O)[C@H](OC(C)=O)[C@@H]1OC(C)=O. The van der Waals surface area contributed by atoms with Gasteiger partial charge < -0.3 is 128 Å². The van der Waals surface area contributed by atoms with E-state index in [0.29, 0.717) is 77.0 Å². The van der Waals surface area contributed by atoms with Gasteiger partial charge in [-0.2, -0.15) is 0 Å². The van der Waals surface area contributed by atoms with Gasteiger partial charge >= 0.3 is 59.7 Å². The first-order valence-electron chi connectivity index (χ1n) is 40.5. The van der Waals surface area contributed by atoms with Crippen LogP contribution in [0.4, 0.5) is 0 Å². The number of carbonyl (C=O) groups excluding carboxylic acids is 16. The van der Waals surface area contributed by atoms with E-state index >= 15 is 0 Å². The third kappa shape index (κ3) is 45.4. The summed E-state index contributed by atoms with van der Waals surface area (Å²) < 4.78 is 103. The van der Waals surface area contributed by atoms with Crippen LogP contribution in [0.15, 0.2) is 0 Å². The number of carbonyl (C=O) groups is 17. The Hall–Kier alpha value is -9.37. The van der Waals surface area contributed by atoms with Crippen LogP contribution in [0, 0.1) is 0 Å². The Labute approximate surface area is 702 Å². The highest BCUT2D eigenvalue weighted by atomic mass is 16.7. The Kier molecular flexibility index (Phi) is 51.2. The van der Waals surface area contributed by atoms with Crippen LogP contribution < -0.4 is 37.2 Å². The second-order valence-electron chi connectivity index (χ2n) is 29.0. The second kappa shape index (κ2) is 58.6. The van der Waals surface area contributed by atoms with Crippen LogP contribution in [-0.4, -0.2) is 303 Å². The summed E-state index contributed by atoms with van der Waals surface area (Å²) >= 11 is 0. The van der Waals surface area contributed by atoms with Gasteiger partial charge in [-0.3, -0.25) is 81.5 Å². The standard InChI is InChI=1S/C78H125N7O36/c1-46(86)82-66-72(116-55(10)95)69(113-52(7)92)58(40-110-49(4)89)119-75(66)107-34-22-16-13-19-31-79-61(98)28-37-104-43-78(85-64(101)26-25-27-65(102)103,44-105-38-29-62(99)80-32-20-14-17-23-35-108-76-67(83-47(2)87)73(117-56(11)96)70(114-53(8)93)59(120-76)41-111-50(5)90)45-106-39-30-63(100)81-33-21-15-18-24-36-109-77-68(84-48(3)88)74(118-57(12)97)71(115-54(9)94)60(121-77)42-112-51(6)91/h58-60,66-77H,13-45H2,1-12H3,(H,79,98)(H,80,99)(H,81,100)(H,82,86)(H,83,87)(H,84,88)(H,85,101)(H,102,103)/t58-,59-,60-,66-,67-,68-,69+,70+,71+,72-,73-,74-,75-,76-,77-/m1/s1. The molecule has 3 rings (SSSR count). The van der Waals surface area contributed by atoms with Crippen molar-refractivity contribution in [3.63, 3.8) is 0 Å². The van der Waals surface area contributed by atoms with Crippen molar-refractivity contribution >= 4 is 101 Å². The lowest BCUT2D eigenvalue weighted by Gasteiger charge is -2.44. The molecule has 15 atom stereocenters. The van der Waals surface area contributed by atoms with Gasteiger partial charge in [-0.1, -0.05) is 38.5 Å². The lowest BCUT2D eigenvalue weighted by Crippen LogP contribution is -2.66. The highest BCUT2D eigenvalue weighted by molar-refractivity contribution is 5.79. The Morgan fingerprint density at radius 1 is 0.298 bits per heavy atom. The highest BCUT2D eigenvalue weighted by Gasteiger charge is 2.54. The number of ether oxygens (including phenoxy) is 18. The first-order valence-corrected chi connectivity index (χ1v) is 40.5. The number of aliphatic carboxylic acids is 1. The number of hydrogen-bond donors (Lipinski definition) is 8. The van der Waals surface area contributed by atoms with E-state index in [4.69, 9.17) is 85.3 Å². The molecule has 0 aromatic heterocycles. The van der Waals surface area contributed by atoms with Crippen molar-refractivity contribution in [2.24, 2.45) is 0 Å². The minimum atomic E-state index is -1.54. The van der Waals surface area contributed by atoms with Crippen molar-refractivity contribution in [2.45, 2.75) is 296 Å². The average Bonchev–Trinajstić information content (AvgIpc) is 0.798. The van der Waals surface area contributed by atoms with E-state index in [1.165, 1.54) is 20.8 Å². The minimum Gasteiger partial charge on any atom is -0.481 e. The molecule has 0 aliphatic carbocycles. The number of carboxylic acid groups (broad SMARTS) is 1. The Morgan fingerprint density at radius 3 is 0.810 bits per heavy atom. The van der Waals surface area contributed by atoms with Gasteiger partial charge in [0.1, 0.15) is 61.8 Å². The molecule has 0 unspecified atom stereocenters. The molecule has 688 valence electrons. The summed E-state index contributed by atoms with van der Waals surface area (Å²) in [6.45, 7) is 12.2. The van der Waals surface area contributed by atoms with E-state index < -0.39 is 201 Å². The molecular formula is C78H125N7O36. The highest BCUT2D eigenvalue weighted by Crippen LogP contribution is 2.32. The van der Waals surface area contributed by atoms with Gasteiger partial charge in [0.15, 0.2) is 55.5 Å². The van der Waals surface area contributed by atoms with Crippen molar-refractivity contribution < 1.29 is 172 Å². The molecule has 3 heterocycles. The molecule has 0 bridgehead atoms. The Morgan fingerprint density at radius 2 is 0.562 bits per heavy atom. The fourth-order valence-electron chi connectivity index (χ4n) is 12.9. The van der Waals surface area contributed by atoms with Gasteiger partial charge in [0.25, 0.3) is 0 Å². The first kappa shape index (κ1) is 106. The van der Waals surface area contributed by atoms with Crippen molar-refractivity contribution in [1.29, 1.82) is 0 Å². The quantitative estimate of drug-likeness (QED) is 0.0232. The Bertz CT molecular complexity index is 3020. The van der Waals surface area contributed by atoms with Gasteiger partial charge in [-0.25, -0.2) is 0 Å². The number of esters is 9. The number of hydrogen-bond acceptors (Lipinski definition) is 35. The van der Waals surface area contributed by atoms with Gasteiger partial charge in [-0.15, -0.1) is 0 Å². The summed E-state index contributed by atoms with van der Waals surface area (Å²) in [7, 11) is 0. The van der Waals surface area contributed by atoms with Gasteiger partial charge in [0.05, 0.1) is 39.6 Å². The molecule has 43 heteroatoms. The number of amides is 7. The maximum absolute atomic E-state index is 13.7. The van der Waals surface area contributed by atoms with Crippen molar-refractivity contribution in [2.75, 3.05) is 98.9 Å². The third-order valence-electron chi connectivity index (χ3n) is 18.0. The predicted molar refractivity (Wildman–Crippen MR) is 413 cm³/mol. The van der Waals surface area contributed by atoms with Crippen LogP contribution in [0.1, 0.15) is 199 Å². The maximum Gasteiger partial charge on any atom is 0.303 e. The van der Waals surface area contributed by atoms with E-state index in [1.807, 2.05) is 0 Å². The van der Waals surface area contributed by atoms with E-state index in [2.05, 4.69) is 37.2 Å². The van der Waals surface area contributed by atoms with Crippen LogP contribution in [0.2, 0.25) is 0 Å². The molecule has 43 nitrogen and oxygen atoms in total. The van der Waals surface area contributed by atoms with Crippen molar-refractivity contribution in [3.8, 4) is 0 Å². The monoisotopic (exact) mass is 1740 g/mol. The van der Waals surface area contributed by atoms with E-state index in [0.717, 1.165) is 62.3 Å². The van der Waals surface area contributed by atoms with E-state index in [9.17, 15) is 86.6 Å². The molecular weight excluding hydrogens is 1610 g/mol. The maximum atomic E-state index is 13.7. The normalized spacial score (nSPS) is 22.4. The van der Waals surface area contributed by atoms with Crippen LogP contribution in [0.5, 0.6) is 0 Å². The minimum absolute atomic E-state index is 0.0430. The molecule has 0 radical (unpaired) electrons. The smallest absolute Gasteiger partial charge is 0.303 e. The zero-order chi connectivity index (χ0) is 90.0. The lowest BCUT2D eigenvalue weighted by atomic mass is 9.96. The molecule has 3 aliphatic rings. The summed E-state index contributed by atoms with van der Waals surface area (Å²) in [4.78, 5) is 210. The fraction of sp³-hybridized carbons (Fsp3) is 0.782. The largest absolute Gasteiger partial charge is 0.481 e. The van der Waals surface area contributed by atoms with Crippen LogP contribution >= 0.6 is 0 Å². The third-order valence-corrected chi connectivity index (χ3v) is 18.0. The summed E-state index contributed by atoms with van der Waals surface area (Å²) in [6.07, 6.45) is -9.29. The predicted octanol–water partition coefficient (Wildman–Crippen LogP) is 0.364. The summed E-state index contributed by atoms with van der Waals surface area (Å²) in [5.74, 6) is -11.0. The molecule has 121 heavy (non-hydrogen) atoms. The van der Waals surface area contributed by atoms with Crippen molar-refractivity contribution in [1.82, 2.24) is 37.2 Å². The molecule has 0 aromatic rings. The topological polar surface area (TPSA) is 561 Å². The summed E-state index contributed by atoms with van der Waals surface area (Å²) in [6, 6.07) is -3.42. The van der Waals surface area contributed by atoms with Gasteiger partial charge in [0, 0.05) is 155 Å². The first-order chi connectivity index (χ1) is 57.4. The fourth-order valence-corrected chi connectivity index (χ4v) is 12.9. The molecule has 3 aliphatic heterocycles. The molecule has 3 fully saturated rings. The molecule has 0 spiro atoms. The molecule has 3 saturated heterocycles. The van der Waals surface area contributed by atoms with E-state index in [-0.39, 0.29) is 135 Å². The van der Waals surface area contributed by atoms with Crippen LogP contribution in [-0.2, 0) is 167 Å². The molecule has 0 saturated carbocycles. The number of nitrogens with one attached hydrogen (secondary N) is 7. The van der Waals surface area contributed by atoms with Crippen LogP contribution in [0.3, 0.4) is 0 Å². The molecule has 0 aromatic carbocycles. The average molecular weight is 1740 g/mol. The number of carboxylic acids is 1. The second-order valence-corrected chi connectivity index (χ2v) is 29.0. The van der Waals surface area contributed by atoms with E-state index in [1.54, 1.807) is 0 Å². The zero-order valence-corrected chi connectivity index (χ0v) is 71.2. The van der Waals surface area contributed by atoms with Crippen LogP contribution in [0.25, 0.3) is 0 Å². The van der Waals surface area contributed by atoms with Gasteiger partial charge in [-0.05, 0) is 44.9 Å². The number of rotatable bonds is 59. The lowest BCUT2D eigenvalue weighted by molar-refractivity contribution is -0.277. The van der Waals surface area contributed by atoms with Crippen molar-refractivity contribution in [3.05, 3.63) is 0 Å². The van der Waals surface area contributed by atoms with Gasteiger partial charge in [0.2, 0.25) is 41.4 Å². The molecule has 7 amide bonds. The summed E-state index contributed by atoms with van der Waals surface area (Å²) in [5, 5.41) is 28.7. The number of unbranched alkanes of at least 4 members (excludes halogenated alkanes) is 9. The summed E-state index contributed by atoms with van der Waals surface area (Å²) in [5.41, 5.74) is -1.54.